The summed E-state index contributed by atoms with van der Waals surface area (Å²) in [7, 11) is 0. The van der Waals surface area contributed by atoms with Gasteiger partial charge in [0.25, 0.3) is 0 Å². The fraction of sp³-hybridized carbons (Fsp3) is 0.0714. The van der Waals surface area contributed by atoms with Gasteiger partial charge in [-0.15, -0.1) is 0 Å². The Bertz CT molecular complexity index is 782. The minimum absolute atomic E-state index is 0.414. The van der Waals surface area contributed by atoms with Crippen LogP contribution in [0.4, 0.5) is 0 Å². The summed E-state index contributed by atoms with van der Waals surface area (Å²) in [6.45, 7) is 0. The van der Waals surface area contributed by atoms with E-state index in [9.17, 15) is 0 Å². The summed E-state index contributed by atoms with van der Waals surface area (Å²) < 4.78 is 1.92. The maximum absolute atomic E-state index is 6.06. The SMILES string of the molecule is NC(=S)Cc1c(-c2cccnc2)nc2ccc(Cl)cn12. The van der Waals surface area contributed by atoms with Gasteiger partial charge in [0.2, 0.25) is 0 Å². The first-order valence-corrected chi connectivity index (χ1v) is 6.79. The van der Waals surface area contributed by atoms with Crippen LogP contribution in [0.3, 0.4) is 0 Å². The first-order chi connectivity index (χ1) is 9.65. The molecule has 0 bridgehead atoms. The Morgan fingerprint density at radius 1 is 1.35 bits per heavy atom. The number of pyridine rings is 2. The summed E-state index contributed by atoms with van der Waals surface area (Å²) in [6, 6.07) is 7.50. The molecule has 20 heavy (non-hydrogen) atoms. The predicted octanol–water partition coefficient (Wildman–Crippen LogP) is 2.88. The lowest BCUT2D eigenvalue weighted by molar-refractivity contribution is 1.07. The van der Waals surface area contributed by atoms with E-state index in [1.165, 1.54) is 0 Å². The van der Waals surface area contributed by atoms with Crippen LogP contribution in [0.2, 0.25) is 5.02 Å². The van der Waals surface area contributed by atoms with Crippen LogP contribution >= 0.6 is 23.8 Å². The lowest BCUT2D eigenvalue weighted by Crippen LogP contribution is -2.13. The molecule has 0 saturated carbocycles. The molecule has 0 aromatic carbocycles. The van der Waals surface area contributed by atoms with E-state index in [2.05, 4.69) is 9.97 Å². The highest BCUT2D eigenvalue weighted by Gasteiger charge is 2.15. The Hall–Kier alpha value is -1.98. The molecule has 3 rings (SSSR count). The van der Waals surface area contributed by atoms with E-state index in [0.717, 1.165) is 22.6 Å². The number of hydrogen-bond donors (Lipinski definition) is 1. The van der Waals surface area contributed by atoms with Crippen molar-refractivity contribution >= 4 is 34.5 Å². The fourth-order valence-corrected chi connectivity index (χ4v) is 2.43. The zero-order valence-corrected chi connectivity index (χ0v) is 12.0. The zero-order chi connectivity index (χ0) is 14.1. The van der Waals surface area contributed by atoms with E-state index in [0.29, 0.717) is 16.4 Å². The minimum atomic E-state index is 0.414. The molecular weight excluding hydrogens is 292 g/mol. The van der Waals surface area contributed by atoms with Gasteiger partial charge in [-0.2, -0.15) is 0 Å². The summed E-state index contributed by atoms with van der Waals surface area (Å²) >= 11 is 11.1. The van der Waals surface area contributed by atoms with Gasteiger partial charge in [0.15, 0.2) is 0 Å². The highest BCUT2D eigenvalue weighted by Crippen LogP contribution is 2.25. The first kappa shape index (κ1) is 13.0. The second-order valence-electron chi connectivity index (χ2n) is 4.37. The van der Waals surface area contributed by atoms with E-state index >= 15 is 0 Å². The topological polar surface area (TPSA) is 56.2 Å². The van der Waals surface area contributed by atoms with E-state index in [4.69, 9.17) is 29.6 Å². The molecule has 100 valence electrons. The number of thiocarbonyl (C=S) groups is 1. The lowest BCUT2D eigenvalue weighted by Gasteiger charge is -2.04. The van der Waals surface area contributed by atoms with Gasteiger partial charge in [0.05, 0.1) is 21.4 Å². The molecular formula is C14H11ClN4S. The number of fused-ring (bicyclic) bond motifs is 1. The molecule has 2 N–H and O–H groups in total. The molecule has 0 unspecified atom stereocenters. The van der Waals surface area contributed by atoms with Gasteiger partial charge in [0, 0.05) is 30.6 Å². The Kier molecular flexibility index (Phi) is 3.38. The second kappa shape index (κ2) is 5.19. The van der Waals surface area contributed by atoms with Crippen molar-refractivity contribution in [1.29, 1.82) is 0 Å². The maximum Gasteiger partial charge on any atom is 0.137 e. The van der Waals surface area contributed by atoms with Gasteiger partial charge in [-0.1, -0.05) is 23.8 Å². The van der Waals surface area contributed by atoms with Gasteiger partial charge < -0.3 is 10.1 Å². The minimum Gasteiger partial charge on any atom is -0.393 e. The molecule has 3 aromatic heterocycles. The van der Waals surface area contributed by atoms with Crippen LogP contribution in [0, 0.1) is 0 Å². The highest BCUT2D eigenvalue weighted by atomic mass is 35.5. The summed E-state index contributed by atoms with van der Waals surface area (Å²) in [6.07, 6.45) is 5.77. The molecule has 3 aromatic rings. The standard InChI is InChI=1S/C14H11ClN4S/c15-10-3-4-13-18-14(9-2-1-5-17-7-9)11(6-12(16)20)19(13)8-10/h1-5,7-8H,6H2,(H2,16,20). The Morgan fingerprint density at radius 3 is 2.90 bits per heavy atom. The maximum atomic E-state index is 6.06. The number of rotatable bonds is 3. The van der Waals surface area contributed by atoms with Crippen molar-refractivity contribution in [3.05, 3.63) is 53.6 Å². The van der Waals surface area contributed by atoms with Gasteiger partial charge in [-0.3, -0.25) is 4.98 Å². The van der Waals surface area contributed by atoms with Crippen LogP contribution < -0.4 is 5.73 Å². The largest absolute Gasteiger partial charge is 0.393 e. The fourth-order valence-electron chi connectivity index (χ4n) is 2.14. The number of aromatic nitrogens is 3. The average molecular weight is 303 g/mol. The van der Waals surface area contributed by atoms with E-state index < -0.39 is 0 Å². The molecule has 0 radical (unpaired) electrons. The molecule has 0 atom stereocenters. The summed E-state index contributed by atoms with van der Waals surface area (Å²) in [5.74, 6) is 0. The Balaban J connectivity index is 2.28. The molecule has 0 saturated heterocycles. The number of imidazole rings is 1. The molecule has 0 aliphatic heterocycles. The van der Waals surface area contributed by atoms with Crippen LogP contribution in [0.15, 0.2) is 42.9 Å². The van der Waals surface area contributed by atoms with E-state index in [1.54, 1.807) is 12.4 Å². The number of hydrogen-bond acceptors (Lipinski definition) is 3. The monoisotopic (exact) mass is 302 g/mol. The summed E-state index contributed by atoms with van der Waals surface area (Å²) in [5, 5.41) is 0.636. The van der Waals surface area contributed by atoms with Crippen LogP contribution in [0.5, 0.6) is 0 Å². The number of nitrogens with two attached hydrogens (primary N) is 1. The molecule has 3 heterocycles. The molecule has 0 amide bonds. The van der Waals surface area contributed by atoms with Crippen molar-refractivity contribution in [1.82, 2.24) is 14.4 Å². The average Bonchev–Trinajstić information content (AvgIpc) is 2.77. The third-order valence-electron chi connectivity index (χ3n) is 2.96. The number of halogens is 1. The number of nitrogens with zero attached hydrogens (tertiary/aromatic N) is 3. The third kappa shape index (κ3) is 2.37. The van der Waals surface area contributed by atoms with E-state index in [1.807, 2.05) is 34.9 Å². The van der Waals surface area contributed by atoms with Gasteiger partial charge in [-0.05, 0) is 24.3 Å². The second-order valence-corrected chi connectivity index (χ2v) is 5.33. The Morgan fingerprint density at radius 2 is 2.20 bits per heavy atom. The Labute approximate surface area is 126 Å². The molecule has 0 fully saturated rings. The molecule has 0 aliphatic rings. The lowest BCUT2D eigenvalue weighted by atomic mass is 10.1. The normalized spacial score (nSPS) is 10.8. The molecule has 6 heteroatoms. The van der Waals surface area contributed by atoms with Gasteiger partial charge >= 0.3 is 0 Å². The van der Waals surface area contributed by atoms with Crippen molar-refractivity contribution in [3.63, 3.8) is 0 Å². The third-order valence-corrected chi connectivity index (χ3v) is 3.33. The molecule has 4 nitrogen and oxygen atoms in total. The van der Waals surface area contributed by atoms with Gasteiger partial charge in [0.1, 0.15) is 5.65 Å². The highest BCUT2D eigenvalue weighted by molar-refractivity contribution is 7.80. The van der Waals surface area contributed by atoms with Crippen LogP contribution in [0.1, 0.15) is 5.69 Å². The smallest absolute Gasteiger partial charge is 0.137 e. The summed E-state index contributed by atoms with van der Waals surface area (Å²) in [4.78, 5) is 9.17. The van der Waals surface area contributed by atoms with Crippen molar-refractivity contribution < 1.29 is 0 Å². The van der Waals surface area contributed by atoms with E-state index in [-0.39, 0.29) is 0 Å². The van der Waals surface area contributed by atoms with Crippen LogP contribution in [-0.2, 0) is 6.42 Å². The van der Waals surface area contributed by atoms with Crippen LogP contribution in [0.25, 0.3) is 16.9 Å². The van der Waals surface area contributed by atoms with Gasteiger partial charge in [-0.25, -0.2) is 4.98 Å². The first-order valence-electron chi connectivity index (χ1n) is 6.00. The van der Waals surface area contributed by atoms with Crippen molar-refractivity contribution in [3.8, 4) is 11.3 Å². The van der Waals surface area contributed by atoms with Crippen molar-refractivity contribution in [2.45, 2.75) is 6.42 Å². The summed E-state index contributed by atoms with van der Waals surface area (Å²) in [5.41, 5.74) is 9.18. The molecule has 0 spiro atoms. The predicted molar refractivity (Wildman–Crippen MR) is 83.9 cm³/mol. The quantitative estimate of drug-likeness (QED) is 0.756. The zero-order valence-electron chi connectivity index (χ0n) is 10.5. The van der Waals surface area contributed by atoms with Crippen molar-refractivity contribution in [2.75, 3.05) is 0 Å². The van der Waals surface area contributed by atoms with Crippen LogP contribution in [-0.4, -0.2) is 19.4 Å². The van der Waals surface area contributed by atoms with Crippen molar-refractivity contribution in [2.24, 2.45) is 5.73 Å². The molecule has 0 aliphatic carbocycles.